The van der Waals surface area contributed by atoms with Crippen molar-refractivity contribution in [3.05, 3.63) is 71.3 Å². The molecular weight excluding hydrogens is 220 g/mol. The van der Waals surface area contributed by atoms with E-state index in [-0.39, 0.29) is 17.7 Å². The van der Waals surface area contributed by atoms with E-state index in [0.717, 1.165) is 5.56 Å². The minimum atomic E-state index is -0.326. The van der Waals surface area contributed by atoms with Crippen LogP contribution in [0.5, 0.6) is 0 Å². The molecule has 0 radical (unpaired) electrons. The standard InChI is InChI=1S/C14H13F2N/c15-12-5-1-3-10(7-12)8-14(17)11-4-2-6-13(16)9-11/h1-7,9,14H,8,17H2/t14-/m1/s1. The molecule has 0 unspecified atom stereocenters. The van der Waals surface area contributed by atoms with Crippen molar-refractivity contribution < 1.29 is 8.78 Å². The van der Waals surface area contributed by atoms with E-state index in [4.69, 9.17) is 5.73 Å². The maximum atomic E-state index is 13.0. The maximum Gasteiger partial charge on any atom is 0.123 e. The molecule has 0 aliphatic rings. The average Bonchev–Trinajstić information content (AvgIpc) is 2.29. The summed E-state index contributed by atoms with van der Waals surface area (Å²) < 4.78 is 26.0. The second kappa shape index (κ2) is 5.06. The van der Waals surface area contributed by atoms with Crippen molar-refractivity contribution in [3.8, 4) is 0 Å². The lowest BCUT2D eigenvalue weighted by Crippen LogP contribution is -2.13. The van der Waals surface area contributed by atoms with Crippen molar-refractivity contribution in [2.45, 2.75) is 12.5 Å². The van der Waals surface area contributed by atoms with E-state index in [9.17, 15) is 8.78 Å². The highest BCUT2D eigenvalue weighted by Gasteiger charge is 2.08. The van der Waals surface area contributed by atoms with Crippen LogP contribution in [0.2, 0.25) is 0 Å². The normalized spacial score (nSPS) is 12.4. The zero-order chi connectivity index (χ0) is 12.3. The van der Waals surface area contributed by atoms with Gasteiger partial charge in [-0.25, -0.2) is 8.78 Å². The number of hydrogen-bond acceptors (Lipinski definition) is 1. The van der Waals surface area contributed by atoms with E-state index in [1.807, 2.05) is 6.07 Å². The second-order valence-electron chi connectivity index (χ2n) is 4.00. The molecule has 0 aliphatic heterocycles. The summed E-state index contributed by atoms with van der Waals surface area (Å²) in [6, 6.07) is 12.1. The Labute approximate surface area is 98.9 Å². The predicted molar refractivity (Wildman–Crippen MR) is 63.4 cm³/mol. The Kier molecular flexibility index (Phi) is 3.49. The number of halogens is 2. The predicted octanol–water partition coefficient (Wildman–Crippen LogP) is 3.21. The Morgan fingerprint density at radius 3 is 2.24 bits per heavy atom. The molecule has 1 nitrogen and oxygen atoms in total. The Morgan fingerprint density at radius 2 is 1.59 bits per heavy atom. The lowest BCUT2D eigenvalue weighted by Gasteiger charge is -2.12. The van der Waals surface area contributed by atoms with Crippen LogP contribution in [0.1, 0.15) is 17.2 Å². The SMILES string of the molecule is N[C@H](Cc1cccc(F)c1)c1cccc(F)c1. The molecule has 0 aromatic heterocycles. The molecule has 0 saturated carbocycles. The second-order valence-corrected chi connectivity index (χ2v) is 4.00. The van der Waals surface area contributed by atoms with Crippen LogP contribution in [0.25, 0.3) is 0 Å². The summed E-state index contributed by atoms with van der Waals surface area (Å²) >= 11 is 0. The topological polar surface area (TPSA) is 26.0 Å². The minimum absolute atomic E-state index is 0.283. The molecule has 17 heavy (non-hydrogen) atoms. The van der Waals surface area contributed by atoms with Crippen LogP contribution in [0, 0.1) is 11.6 Å². The number of hydrogen-bond donors (Lipinski definition) is 1. The van der Waals surface area contributed by atoms with Crippen molar-refractivity contribution in [1.82, 2.24) is 0 Å². The first-order valence-corrected chi connectivity index (χ1v) is 5.40. The van der Waals surface area contributed by atoms with Crippen LogP contribution in [0.15, 0.2) is 48.5 Å². The van der Waals surface area contributed by atoms with Gasteiger partial charge in [-0.15, -0.1) is 0 Å². The molecule has 1 atom stereocenters. The van der Waals surface area contributed by atoms with Crippen LogP contribution < -0.4 is 5.73 Å². The van der Waals surface area contributed by atoms with E-state index in [1.54, 1.807) is 18.2 Å². The number of benzene rings is 2. The van der Waals surface area contributed by atoms with E-state index in [0.29, 0.717) is 12.0 Å². The molecule has 2 aromatic rings. The summed E-state index contributed by atoms with van der Waals surface area (Å²) in [5, 5.41) is 0. The highest BCUT2D eigenvalue weighted by molar-refractivity contribution is 5.24. The van der Waals surface area contributed by atoms with Gasteiger partial charge in [0.2, 0.25) is 0 Å². The first-order chi connectivity index (χ1) is 8.15. The third-order valence-electron chi connectivity index (χ3n) is 2.62. The van der Waals surface area contributed by atoms with Gasteiger partial charge in [0.1, 0.15) is 11.6 Å². The summed E-state index contributed by atoms with van der Waals surface area (Å²) in [6.45, 7) is 0. The Morgan fingerprint density at radius 1 is 0.941 bits per heavy atom. The molecule has 0 amide bonds. The van der Waals surface area contributed by atoms with Crippen molar-refractivity contribution in [2.24, 2.45) is 5.73 Å². The fraction of sp³-hybridized carbons (Fsp3) is 0.143. The molecular formula is C14H13F2N. The van der Waals surface area contributed by atoms with Crippen molar-refractivity contribution in [3.63, 3.8) is 0 Å². The summed E-state index contributed by atoms with van der Waals surface area (Å²) in [7, 11) is 0. The summed E-state index contributed by atoms with van der Waals surface area (Å²) in [5.74, 6) is -0.592. The highest BCUT2D eigenvalue weighted by Crippen LogP contribution is 2.17. The van der Waals surface area contributed by atoms with Crippen molar-refractivity contribution in [2.75, 3.05) is 0 Å². The van der Waals surface area contributed by atoms with Gasteiger partial charge in [-0.1, -0.05) is 24.3 Å². The average molecular weight is 233 g/mol. The summed E-state index contributed by atoms with van der Waals surface area (Å²) in [5.41, 5.74) is 7.48. The monoisotopic (exact) mass is 233 g/mol. The van der Waals surface area contributed by atoms with Crippen LogP contribution in [0.4, 0.5) is 8.78 Å². The van der Waals surface area contributed by atoms with Crippen molar-refractivity contribution >= 4 is 0 Å². The van der Waals surface area contributed by atoms with E-state index in [1.165, 1.54) is 24.3 Å². The van der Waals surface area contributed by atoms with E-state index >= 15 is 0 Å². The van der Waals surface area contributed by atoms with Gasteiger partial charge in [0.25, 0.3) is 0 Å². The quantitative estimate of drug-likeness (QED) is 0.865. The summed E-state index contributed by atoms with van der Waals surface area (Å²) in [6.07, 6.45) is 0.487. The van der Waals surface area contributed by atoms with Crippen molar-refractivity contribution in [1.29, 1.82) is 0 Å². The van der Waals surface area contributed by atoms with Crippen LogP contribution in [0.3, 0.4) is 0 Å². The van der Waals surface area contributed by atoms with Crippen LogP contribution in [-0.2, 0) is 6.42 Å². The molecule has 0 saturated heterocycles. The van der Waals surface area contributed by atoms with Gasteiger partial charge < -0.3 is 5.73 Å². The zero-order valence-corrected chi connectivity index (χ0v) is 9.24. The van der Waals surface area contributed by atoms with Gasteiger partial charge in [-0.3, -0.25) is 0 Å². The smallest absolute Gasteiger partial charge is 0.123 e. The zero-order valence-electron chi connectivity index (χ0n) is 9.24. The number of rotatable bonds is 3. The number of nitrogens with two attached hydrogens (primary N) is 1. The molecule has 0 fully saturated rings. The lowest BCUT2D eigenvalue weighted by molar-refractivity contribution is 0.614. The van der Waals surface area contributed by atoms with E-state index < -0.39 is 0 Å². The Hall–Kier alpha value is -1.74. The maximum absolute atomic E-state index is 13.0. The molecule has 2 aromatic carbocycles. The van der Waals surface area contributed by atoms with Gasteiger partial charge in [-0.2, -0.15) is 0 Å². The first-order valence-electron chi connectivity index (χ1n) is 5.40. The third kappa shape index (κ3) is 3.11. The molecule has 0 spiro atoms. The van der Waals surface area contributed by atoms with Gasteiger partial charge in [0, 0.05) is 6.04 Å². The van der Waals surface area contributed by atoms with Crippen LogP contribution in [-0.4, -0.2) is 0 Å². The van der Waals surface area contributed by atoms with E-state index in [2.05, 4.69) is 0 Å². The summed E-state index contributed by atoms with van der Waals surface area (Å²) in [4.78, 5) is 0. The van der Waals surface area contributed by atoms with Gasteiger partial charge in [0.15, 0.2) is 0 Å². The fourth-order valence-corrected chi connectivity index (χ4v) is 1.77. The molecule has 3 heteroatoms. The van der Waals surface area contributed by atoms with Gasteiger partial charge in [0.05, 0.1) is 0 Å². The van der Waals surface area contributed by atoms with Gasteiger partial charge in [-0.05, 0) is 41.8 Å². The molecule has 88 valence electrons. The highest BCUT2D eigenvalue weighted by atomic mass is 19.1. The fourth-order valence-electron chi connectivity index (χ4n) is 1.77. The first kappa shape index (κ1) is 11.7. The minimum Gasteiger partial charge on any atom is -0.324 e. The molecule has 2 rings (SSSR count). The largest absolute Gasteiger partial charge is 0.324 e. The molecule has 2 N–H and O–H groups in total. The molecule has 0 heterocycles. The van der Waals surface area contributed by atoms with Gasteiger partial charge >= 0.3 is 0 Å². The van der Waals surface area contributed by atoms with Crippen LogP contribution >= 0.6 is 0 Å². The Bertz CT molecular complexity index is 511. The lowest BCUT2D eigenvalue weighted by atomic mass is 10.00. The third-order valence-corrected chi connectivity index (χ3v) is 2.62. The molecule has 0 bridgehead atoms. The molecule has 0 aliphatic carbocycles. The Balaban J connectivity index is 2.14.